The first-order valence-electron chi connectivity index (χ1n) is 8.71. The zero-order valence-corrected chi connectivity index (χ0v) is 15.2. The lowest BCUT2D eigenvalue weighted by atomic mass is 10.1. The molecule has 0 spiro atoms. The molecule has 4 rings (SSSR count). The third kappa shape index (κ3) is 2.81. The average Bonchev–Trinajstić information content (AvgIpc) is 3.04. The molecule has 0 atom stereocenters. The number of aromatic nitrogens is 2. The molecular formula is C22H18N4O. The minimum absolute atomic E-state index is 0.173. The maximum absolute atomic E-state index is 13.2. The van der Waals surface area contributed by atoms with Crippen molar-refractivity contribution in [2.45, 2.75) is 20.4 Å². The first-order valence-corrected chi connectivity index (χ1v) is 8.71. The van der Waals surface area contributed by atoms with Crippen molar-refractivity contribution in [3.63, 3.8) is 0 Å². The predicted molar refractivity (Wildman–Crippen MR) is 107 cm³/mol. The smallest absolute Gasteiger partial charge is 0.265 e. The summed E-state index contributed by atoms with van der Waals surface area (Å²) in [5.74, 6) is 0. The van der Waals surface area contributed by atoms with Crippen molar-refractivity contribution in [2.75, 3.05) is 0 Å². The highest BCUT2D eigenvalue weighted by Crippen LogP contribution is 2.21. The molecule has 0 amide bonds. The first kappa shape index (κ1) is 16.8. The Morgan fingerprint density at radius 3 is 2.70 bits per heavy atom. The number of rotatable bonds is 3. The highest BCUT2D eigenvalue weighted by atomic mass is 16.1. The number of nitrogens with one attached hydrogen (secondary N) is 1. The quantitative estimate of drug-likeness (QED) is 0.567. The van der Waals surface area contributed by atoms with Crippen LogP contribution in [0.15, 0.2) is 58.3 Å². The van der Waals surface area contributed by atoms with Crippen molar-refractivity contribution in [1.82, 2.24) is 9.38 Å². The van der Waals surface area contributed by atoms with Crippen LogP contribution in [-0.2, 0) is 6.54 Å². The molecule has 0 aliphatic rings. The average molecular weight is 354 g/mol. The fourth-order valence-corrected chi connectivity index (χ4v) is 3.34. The molecule has 0 bridgehead atoms. The van der Waals surface area contributed by atoms with Crippen LogP contribution < -0.4 is 5.56 Å². The third-order valence-electron chi connectivity index (χ3n) is 4.77. The number of aromatic amines is 1. The Bertz CT molecular complexity index is 1290. The lowest BCUT2D eigenvalue weighted by Crippen LogP contribution is -2.20. The lowest BCUT2D eigenvalue weighted by molar-refractivity contribution is 1.07. The van der Waals surface area contributed by atoms with Gasteiger partial charge in [0, 0.05) is 6.21 Å². The van der Waals surface area contributed by atoms with E-state index < -0.39 is 0 Å². The Hall–Kier alpha value is -3.65. The summed E-state index contributed by atoms with van der Waals surface area (Å²) in [6, 6.07) is 17.9. The van der Waals surface area contributed by atoms with Gasteiger partial charge in [-0.25, -0.2) is 0 Å². The van der Waals surface area contributed by atoms with Crippen molar-refractivity contribution < 1.29 is 0 Å². The second-order valence-corrected chi connectivity index (χ2v) is 6.62. The van der Waals surface area contributed by atoms with Crippen LogP contribution in [0, 0.1) is 25.2 Å². The molecule has 1 N–H and O–H groups in total. The van der Waals surface area contributed by atoms with Gasteiger partial charge in [0.15, 0.2) is 0 Å². The maximum Gasteiger partial charge on any atom is 0.265 e. The standard InChI is InChI=1S/C22H18N4O/c1-14-8-9-20-19(10-14)25-21-17(11-23)15(2)18(22(27)26(20)21)13-24-12-16-6-4-3-5-7-16/h3-10,13,25H,12H2,1-2H3. The highest BCUT2D eigenvalue weighted by molar-refractivity contribution is 5.88. The number of fused-ring (bicyclic) bond motifs is 3. The number of imidazole rings is 1. The van der Waals surface area contributed by atoms with Crippen LogP contribution in [0.2, 0.25) is 0 Å². The minimum atomic E-state index is -0.173. The molecular weight excluding hydrogens is 336 g/mol. The molecule has 0 aliphatic heterocycles. The highest BCUT2D eigenvalue weighted by Gasteiger charge is 2.17. The lowest BCUT2D eigenvalue weighted by Gasteiger charge is -2.05. The maximum atomic E-state index is 13.2. The van der Waals surface area contributed by atoms with Crippen molar-refractivity contribution in [3.05, 3.63) is 86.7 Å². The summed E-state index contributed by atoms with van der Waals surface area (Å²) in [5.41, 5.74) is 5.65. The van der Waals surface area contributed by atoms with Crippen LogP contribution in [0.25, 0.3) is 16.7 Å². The Morgan fingerprint density at radius 1 is 1.19 bits per heavy atom. The van der Waals surface area contributed by atoms with Crippen LogP contribution in [0.1, 0.15) is 27.8 Å². The predicted octanol–water partition coefficient (Wildman–Crippen LogP) is 3.89. The van der Waals surface area contributed by atoms with Crippen LogP contribution in [0.5, 0.6) is 0 Å². The van der Waals surface area contributed by atoms with Crippen molar-refractivity contribution in [2.24, 2.45) is 4.99 Å². The molecule has 132 valence electrons. The number of H-pyrrole nitrogens is 1. The molecule has 5 nitrogen and oxygen atoms in total. The van der Waals surface area contributed by atoms with E-state index in [1.54, 1.807) is 17.5 Å². The fourth-order valence-electron chi connectivity index (χ4n) is 3.34. The van der Waals surface area contributed by atoms with Gasteiger partial charge in [0.25, 0.3) is 5.56 Å². The molecule has 5 heteroatoms. The van der Waals surface area contributed by atoms with E-state index in [-0.39, 0.29) is 5.56 Å². The summed E-state index contributed by atoms with van der Waals surface area (Å²) in [5, 5.41) is 9.69. The Balaban J connectivity index is 1.92. The van der Waals surface area contributed by atoms with E-state index >= 15 is 0 Å². The molecule has 2 aromatic heterocycles. The molecule has 0 unspecified atom stereocenters. The topological polar surface area (TPSA) is 73.4 Å². The monoisotopic (exact) mass is 354 g/mol. The van der Waals surface area contributed by atoms with Gasteiger partial charge in [-0.15, -0.1) is 0 Å². The number of pyridine rings is 1. The molecule has 2 heterocycles. The van der Waals surface area contributed by atoms with Gasteiger partial charge in [-0.1, -0.05) is 36.4 Å². The summed E-state index contributed by atoms with van der Waals surface area (Å²) in [7, 11) is 0. The second-order valence-electron chi connectivity index (χ2n) is 6.62. The van der Waals surface area contributed by atoms with Gasteiger partial charge >= 0.3 is 0 Å². The summed E-state index contributed by atoms with van der Waals surface area (Å²) in [6.07, 6.45) is 1.59. The molecule has 4 aromatic rings. The third-order valence-corrected chi connectivity index (χ3v) is 4.77. The molecule has 0 aliphatic carbocycles. The SMILES string of the molecule is Cc1ccc2c(c1)[nH]c1c(C#N)c(C)c(C=NCc3ccccc3)c(=O)n12. The number of nitrogens with zero attached hydrogens (tertiary/aromatic N) is 3. The van der Waals surface area contributed by atoms with Gasteiger partial charge in [-0.05, 0) is 42.7 Å². The summed E-state index contributed by atoms with van der Waals surface area (Å²) in [6.45, 7) is 4.27. The zero-order chi connectivity index (χ0) is 19.0. The summed E-state index contributed by atoms with van der Waals surface area (Å²) >= 11 is 0. The number of hydrogen-bond donors (Lipinski definition) is 1. The molecule has 2 aromatic carbocycles. The van der Waals surface area contributed by atoms with E-state index in [9.17, 15) is 10.1 Å². The fraction of sp³-hybridized carbons (Fsp3) is 0.136. The van der Waals surface area contributed by atoms with Gasteiger partial charge in [-0.3, -0.25) is 14.2 Å². The van der Waals surface area contributed by atoms with E-state index in [2.05, 4.69) is 16.0 Å². The van der Waals surface area contributed by atoms with Gasteiger partial charge in [0.1, 0.15) is 11.7 Å². The van der Waals surface area contributed by atoms with Gasteiger partial charge < -0.3 is 4.98 Å². The first-order chi connectivity index (χ1) is 13.1. The van der Waals surface area contributed by atoms with Crippen LogP contribution in [0.4, 0.5) is 0 Å². The molecule has 0 fully saturated rings. The largest absolute Gasteiger partial charge is 0.338 e. The second kappa shape index (κ2) is 6.58. The Kier molecular flexibility index (Phi) is 4.09. The zero-order valence-electron chi connectivity index (χ0n) is 15.2. The van der Waals surface area contributed by atoms with E-state index in [4.69, 9.17) is 0 Å². The number of benzene rings is 2. The molecule has 27 heavy (non-hydrogen) atoms. The van der Waals surface area contributed by atoms with Crippen LogP contribution in [0.3, 0.4) is 0 Å². The molecule has 0 saturated heterocycles. The summed E-state index contributed by atoms with van der Waals surface area (Å²) in [4.78, 5) is 20.8. The van der Waals surface area contributed by atoms with Crippen LogP contribution in [-0.4, -0.2) is 15.6 Å². The van der Waals surface area contributed by atoms with Crippen molar-refractivity contribution in [1.29, 1.82) is 5.26 Å². The molecule has 0 radical (unpaired) electrons. The Morgan fingerprint density at radius 2 is 1.96 bits per heavy atom. The summed E-state index contributed by atoms with van der Waals surface area (Å²) < 4.78 is 1.57. The van der Waals surface area contributed by atoms with Gasteiger partial charge in [-0.2, -0.15) is 5.26 Å². The normalized spacial score (nSPS) is 11.4. The van der Waals surface area contributed by atoms with Gasteiger partial charge in [0.2, 0.25) is 0 Å². The van der Waals surface area contributed by atoms with E-state index in [0.29, 0.717) is 28.9 Å². The van der Waals surface area contributed by atoms with Gasteiger partial charge in [0.05, 0.1) is 28.7 Å². The number of nitriles is 1. The van der Waals surface area contributed by atoms with E-state index in [1.165, 1.54) is 0 Å². The van der Waals surface area contributed by atoms with E-state index in [1.807, 2.05) is 55.5 Å². The van der Waals surface area contributed by atoms with E-state index in [0.717, 1.165) is 22.2 Å². The van der Waals surface area contributed by atoms with Crippen molar-refractivity contribution >= 4 is 22.9 Å². The minimum Gasteiger partial charge on any atom is -0.338 e. The number of aryl methyl sites for hydroxylation is 1. The Labute approximate surface area is 156 Å². The van der Waals surface area contributed by atoms with Crippen LogP contribution >= 0.6 is 0 Å². The number of aliphatic imine (C=N–C) groups is 1. The molecule has 0 saturated carbocycles. The van der Waals surface area contributed by atoms with Crippen molar-refractivity contribution in [3.8, 4) is 6.07 Å². The number of hydrogen-bond acceptors (Lipinski definition) is 3.